The first-order chi connectivity index (χ1) is 10.2. The van der Waals surface area contributed by atoms with Crippen LogP contribution in [0.25, 0.3) is 10.4 Å². The number of rotatable bonds is 1. The van der Waals surface area contributed by atoms with Crippen molar-refractivity contribution >= 4 is 17.2 Å². The second-order valence-corrected chi connectivity index (χ2v) is 6.87. The second-order valence-electron chi connectivity index (χ2n) is 5.82. The third-order valence-electron chi connectivity index (χ3n) is 4.40. The maximum Gasteiger partial charge on any atom is 0.264 e. The summed E-state index contributed by atoms with van der Waals surface area (Å²) in [6.45, 7) is 1.14. The van der Waals surface area contributed by atoms with Gasteiger partial charge in [-0.3, -0.25) is 4.79 Å². The van der Waals surface area contributed by atoms with Crippen molar-refractivity contribution in [2.24, 2.45) is 0 Å². The van der Waals surface area contributed by atoms with E-state index in [1.54, 1.807) is 16.2 Å². The smallest absolute Gasteiger partial charge is 0.264 e. The van der Waals surface area contributed by atoms with Crippen molar-refractivity contribution in [2.75, 3.05) is 13.1 Å². The predicted octanol–water partition coefficient (Wildman–Crippen LogP) is 2.72. The molecule has 1 saturated heterocycles. The zero-order valence-electron chi connectivity index (χ0n) is 11.7. The molecule has 4 heteroatoms. The maximum absolute atomic E-state index is 12.5. The average Bonchev–Trinajstić information content (AvgIpc) is 3.12. The molecule has 1 amide bonds. The Balaban J connectivity index is 1.69. The summed E-state index contributed by atoms with van der Waals surface area (Å²) >= 11 is 1.60. The summed E-state index contributed by atoms with van der Waals surface area (Å²) in [5, 5.41) is 9.60. The fourth-order valence-corrected chi connectivity index (χ4v) is 4.50. The lowest BCUT2D eigenvalue weighted by molar-refractivity contribution is 0.0769. The molecule has 0 spiro atoms. The number of aryl methyl sites for hydroxylation is 2. The van der Waals surface area contributed by atoms with Gasteiger partial charge < -0.3 is 10.0 Å². The molecule has 0 unspecified atom stereocenters. The fraction of sp³-hybridized carbons (Fsp3) is 0.353. The van der Waals surface area contributed by atoms with Gasteiger partial charge in [0.1, 0.15) is 0 Å². The molecule has 2 heterocycles. The van der Waals surface area contributed by atoms with Gasteiger partial charge in [0.05, 0.1) is 11.0 Å². The Hall–Kier alpha value is -1.65. The van der Waals surface area contributed by atoms with Crippen LogP contribution in [0, 0.1) is 0 Å². The molecular weight excluding hydrogens is 282 g/mol. The molecule has 1 aliphatic heterocycles. The van der Waals surface area contributed by atoms with E-state index in [1.807, 2.05) is 0 Å². The number of carbonyl (C=O) groups excluding carboxylic acids is 1. The normalized spacial score (nSPS) is 20.2. The largest absolute Gasteiger partial charge is 0.391 e. The Kier molecular flexibility index (Phi) is 3.08. The number of nitrogens with zero attached hydrogens (tertiary/aromatic N) is 1. The van der Waals surface area contributed by atoms with Gasteiger partial charge in [0.2, 0.25) is 0 Å². The van der Waals surface area contributed by atoms with Crippen molar-refractivity contribution in [3.8, 4) is 10.4 Å². The van der Waals surface area contributed by atoms with E-state index >= 15 is 0 Å². The molecule has 1 N–H and O–H groups in total. The Morgan fingerprint density at radius 1 is 1.24 bits per heavy atom. The van der Waals surface area contributed by atoms with Crippen molar-refractivity contribution in [3.63, 3.8) is 0 Å². The van der Waals surface area contributed by atoms with Gasteiger partial charge in [0, 0.05) is 18.0 Å². The molecular formula is C17H17NO2S. The van der Waals surface area contributed by atoms with Crippen LogP contribution in [0.2, 0.25) is 0 Å². The summed E-state index contributed by atoms with van der Waals surface area (Å²) < 4.78 is 0. The Morgan fingerprint density at radius 2 is 2.05 bits per heavy atom. The van der Waals surface area contributed by atoms with E-state index in [9.17, 15) is 9.90 Å². The predicted molar refractivity (Wildman–Crippen MR) is 83.7 cm³/mol. The molecule has 0 radical (unpaired) electrons. The van der Waals surface area contributed by atoms with E-state index in [4.69, 9.17) is 0 Å². The van der Waals surface area contributed by atoms with Crippen molar-refractivity contribution in [2.45, 2.75) is 25.4 Å². The van der Waals surface area contributed by atoms with E-state index in [-0.39, 0.29) is 12.0 Å². The fourth-order valence-electron chi connectivity index (χ4n) is 3.26. The van der Waals surface area contributed by atoms with Gasteiger partial charge in [0.15, 0.2) is 0 Å². The van der Waals surface area contributed by atoms with Crippen LogP contribution >= 0.6 is 11.3 Å². The molecule has 1 aromatic heterocycles. The van der Waals surface area contributed by atoms with Crippen LogP contribution in [0.4, 0.5) is 0 Å². The van der Waals surface area contributed by atoms with Gasteiger partial charge in [-0.2, -0.15) is 0 Å². The zero-order valence-corrected chi connectivity index (χ0v) is 12.5. The first-order valence-corrected chi connectivity index (χ1v) is 8.22. The van der Waals surface area contributed by atoms with Crippen LogP contribution < -0.4 is 0 Å². The van der Waals surface area contributed by atoms with E-state index in [0.29, 0.717) is 19.5 Å². The number of hydrogen-bond donors (Lipinski definition) is 1. The number of aliphatic hydroxyl groups is 1. The van der Waals surface area contributed by atoms with E-state index in [1.165, 1.54) is 21.6 Å². The van der Waals surface area contributed by atoms with Crippen molar-refractivity contribution < 1.29 is 9.90 Å². The Morgan fingerprint density at radius 3 is 2.86 bits per heavy atom. The molecule has 1 aromatic carbocycles. The van der Waals surface area contributed by atoms with Crippen LogP contribution in [0.5, 0.6) is 0 Å². The number of fused-ring (bicyclic) bond motifs is 3. The molecule has 3 nitrogen and oxygen atoms in total. The Bertz CT molecular complexity index is 707. The zero-order chi connectivity index (χ0) is 14.4. The van der Waals surface area contributed by atoms with E-state index in [0.717, 1.165) is 17.7 Å². The van der Waals surface area contributed by atoms with E-state index < -0.39 is 0 Å². The highest BCUT2D eigenvalue weighted by Gasteiger charge is 2.28. The molecule has 0 saturated carbocycles. The molecule has 21 heavy (non-hydrogen) atoms. The molecule has 2 aromatic rings. The molecule has 1 aliphatic carbocycles. The quantitative estimate of drug-likeness (QED) is 0.879. The maximum atomic E-state index is 12.5. The van der Waals surface area contributed by atoms with Gasteiger partial charge in [-0.25, -0.2) is 0 Å². The van der Waals surface area contributed by atoms with Gasteiger partial charge in [0.25, 0.3) is 5.91 Å². The van der Waals surface area contributed by atoms with E-state index in [2.05, 4.69) is 30.3 Å². The third-order valence-corrected chi connectivity index (χ3v) is 5.59. The second kappa shape index (κ2) is 4.97. The first-order valence-electron chi connectivity index (χ1n) is 7.40. The summed E-state index contributed by atoms with van der Waals surface area (Å²) in [4.78, 5) is 16.4. The lowest BCUT2D eigenvalue weighted by atomic mass is 9.91. The van der Waals surface area contributed by atoms with Crippen LogP contribution in [-0.4, -0.2) is 35.1 Å². The number of thiophene rings is 1. The number of hydrogen-bond acceptors (Lipinski definition) is 3. The summed E-state index contributed by atoms with van der Waals surface area (Å²) in [6, 6.07) is 10.5. The molecule has 108 valence electrons. The highest BCUT2D eigenvalue weighted by Crippen LogP contribution is 2.39. The first kappa shape index (κ1) is 13.0. The van der Waals surface area contributed by atoms with Crippen LogP contribution in [-0.2, 0) is 12.8 Å². The summed E-state index contributed by atoms with van der Waals surface area (Å²) in [5.41, 5.74) is 3.95. The van der Waals surface area contributed by atoms with Gasteiger partial charge in [-0.15, -0.1) is 11.3 Å². The van der Waals surface area contributed by atoms with Crippen LogP contribution in [0.15, 0.2) is 30.3 Å². The van der Waals surface area contributed by atoms with Crippen molar-refractivity contribution in [1.29, 1.82) is 0 Å². The van der Waals surface area contributed by atoms with Crippen molar-refractivity contribution in [3.05, 3.63) is 46.3 Å². The summed E-state index contributed by atoms with van der Waals surface area (Å²) in [7, 11) is 0. The number of amides is 1. The number of benzene rings is 1. The monoisotopic (exact) mass is 299 g/mol. The number of likely N-dealkylation sites (tertiary alicyclic amines) is 1. The number of carbonyl (C=O) groups is 1. The summed E-state index contributed by atoms with van der Waals surface area (Å²) in [6.07, 6.45) is 2.40. The van der Waals surface area contributed by atoms with Crippen molar-refractivity contribution in [1.82, 2.24) is 4.90 Å². The van der Waals surface area contributed by atoms with Crippen LogP contribution in [0.3, 0.4) is 0 Å². The highest BCUT2D eigenvalue weighted by atomic mass is 32.1. The van der Waals surface area contributed by atoms with Crippen LogP contribution in [0.1, 0.15) is 27.2 Å². The van der Waals surface area contributed by atoms with Gasteiger partial charge in [-0.1, -0.05) is 24.3 Å². The number of aliphatic hydroxyl groups excluding tert-OH is 1. The Labute approximate surface area is 127 Å². The minimum absolute atomic E-state index is 0.0726. The minimum Gasteiger partial charge on any atom is -0.391 e. The SMILES string of the molecule is O=C(c1cc2c(s1)-c1ccccc1CC2)N1CC[C@@H](O)C1. The highest BCUT2D eigenvalue weighted by molar-refractivity contribution is 7.17. The van der Waals surface area contributed by atoms with Gasteiger partial charge in [-0.05, 0) is 42.0 Å². The molecule has 1 fully saturated rings. The standard InChI is InChI=1S/C17H17NO2S/c19-13-7-8-18(10-13)17(20)15-9-12-6-5-11-3-1-2-4-14(11)16(12)21-15/h1-4,9,13,19H,5-8,10H2/t13-/m1/s1. The average molecular weight is 299 g/mol. The molecule has 4 rings (SSSR count). The molecule has 2 aliphatic rings. The molecule has 1 atom stereocenters. The number of β-amino-alcohol motifs (C(OH)–C–C–N with tert-alkyl or cyclic N) is 1. The lowest BCUT2D eigenvalue weighted by Gasteiger charge is -2.15. The third kappa shape index (κ3) is 2.19. The van der Waals surface area contributed by atoms with Gasteiger partial charge >= 0.3 is 0 Å². The minimum atomic E-state index is -0.357. The topological polar surface area (TPSA) is 40.5 Å². The summed E-state index contributed by atoms with van der Waals surface area (Å²) in [5.74, 6) is 0.0726. The lowest BCUT2D eigenvalue weighted by Crippen LogP contribution is -2.28. The molecule has 0 bridgehead atoms.